The van der Waals surface area contributed by atoms with Crippen LogP contribution in [0.4, 0.5) is 0 Å². The van der Waals surface area contributed by atoms with Crippen molar-refractivity contribution in [2.45, 2.75) is 5.92 Å². The SMILES string of the molecule is COC(=O)C(C(=O)c1ccccn1)c1ccccc1. The molecular formula is C15H13NO3. The van der Waals surface area contributed by atoms with Gasteiger partial charge in [0, 0.05) is 6.20 Å². The van der Waals surface area contributed by atoms with E-state index in [0.717, 1.165) is 0 Å². The molecule has 2 aromatic rings. The van der Waals surface area contributed by atoms with Crippen LogP contribution in [0.5, 0.6) is 0 Å². The number of Topliss-reactive ketones (excluding diaryl/α,β-unsaturated/α-hetero) is 1. The van der Waals surface area contributed by atoms with Gasteiger partial charge in [0.2, 0.25) is 0 Å². The van der Waals surface area contributed by atoms with Gasteiger partial charge in [-0.15, -0.1) is 0 Å². The number of nitrogens with zero attached hydrogens (tertiary/aromatic N) is 1. The topological polar surface area (TPSA) is 56.3 Å². The second-order valence-electron chi connectivity index (χ2n) is 3.95. The summed E-state index contributed by atoms with van der Waals surface area (Å²) in [7, 11) is 1.27. The van der Waals surface area contributed by atoms with E-state index < -0.39 is 11.9 Å². The van der Waals surface area contributed by atoms with Crippen LogP contribution in [0.1, 0.15) is 22.0 Å². The zero-order chi connectivity index (χ0) is 13.7. The summed E-state index contributed by atoms with van der Waals surface area (Å²) in [4.78, 5) is 28.2. The Balaban J connectivity index is 2.40. The Bertz CT molecular complexity index is 566. The number of methoxy groups -OCH3 is 1. The first-order chi connectivity index (χ1) is 9.24. The predicted octanol–water partition coefficient (Wildman–Crippen LogP) is 2.22. The highest BCUT2D eigenvalue weighted by Gasteiger charge is 2.30. The maximum absolute atomic E-state index is 12.4. The average molecular weight is 255 g/mol. The molecule has 1 atom stereocenters. The van der Waals surface area contributed by atoms with E-state index in [-0.39, 0.29) is 11.5 Å². The van der Waals surface area contributed by atoms with Crippen molar-refractivity contribution >= 4 is 11.8 Å². The summed E-state index contributed by atoms with van der Waals surface area (Å²) in [6.07, 6.45) is 1.52. The molecule has 96 valence electrons. The fourth-order valence-electron chi connectivity index (χ4n) is 1.81. The highest BCUT2D eigenvalue weighted by molar-refractivity contribution is 6.12. The van der Waals surface area contributed by atoms with Gasteiger partial charge in [-0.2, -0.15) is 0 Å². The number of ether oxygens (including phenoxy) is 1. The van der Waals surface area contributed by atoms with Gasteiger partial charge in [0.1, 0.15) is 11.6 Å². The zero-order valence-electron chi connectivity index (χ0n) is 10.4. The van der Waals surface area contributed by atoms with E-state index >= 15 is 0 Å². The molecule has 1 aromatic carbocycles. The molecule has 0 saturated carbocycles. The number of esters is 1. The Morgan fingerprint density at radius 3 is 2.32 bits per heavy atom. The molecule has 0 aliphatic heterocycles. The molecule has 4 heteroatoms. The lowest BCUT2D eigenvalue weighted by molar-refractivity contribution is -0.141. The number of aromatic nitrogens is 1. The van der Waals surface area contributed by atoms with E-state index in [4.69, 9.17) is 4.74 Å². The van der Waals surface area contributed by atoms with Crippen molar-refractivity contribution in [3.8, 4) is 0 Å². The van der Waals surface area contributed by atoms with Crippen LogP contribution in [0.2, 0.25) is 0 Å². The van der Waals surface area contributed by atoms with E-state index in [0.29, 0.717) is 5.56 Å². The first kappa shape index (κ1) is 13.0. The summed E-state index contributed by atoms with van der Waals surface area (Å²) in [5.41, 5.74) is 0.853. The van der Waals surface area contributed by atoms with Crippen LogP contribution in [0.25, 0.3) is 0 Å². The molecule has 1 heterocycles. The number of pyridine rings is 1. The molecule has 1 unspecified atom stereocenters. The van der Waals surface area contributed by atoms with Gasteiger partial charge >= 0.3 is 5.97 Å². The van der Waals surface area contributed by atoms with Crippen molar-refractivity contribution in [2.24, 2.45) is 0 Å². The van der Waals surface area contributed by atoms with Crippen molar-refractivity contribution < 1.29 is 14.3 Å². The summed E-state index contributed by atoms with van der Waals surface area (Å²) in [6, 6.07) is 13.8. The summed E-state index contributed by atoms with van der Waals surface area (Å²) < 4.78 is 4.72. The van der Waals surface area contributed by atoms with Crippen LogP contribution in [-0.4, -0.2) is 23.8 Å². The van der Waals surface area contributed by atoms with Gasteiger partial charge in [-0.1, -0.05) is 36.4 Å². The van der Waals surface area contributed by atoms with Gasteiger partial charge in [0.25, 0.3) is 0 Å². The monoisotopic (exact) mass is 255 g/mol. The highest BCUT2D eigenvalue weighted by atomic mass is 16.5. The predicted molar refractivity (Wildman–Crippen MR) is 69.8 cm³/mol. The van der Waals surface area contributed by atoms with Gasteiger partial charge in [-0.25, -0.2) is 0 Å². The Hall–Kier alpha value is -2.49. The van der Waals surface area contributed by atoms with Crippen molar-refractivity contribution in [3.05, 3.63) is 66.0 Å². The van der Waals surface area contributed by atoms with Gasteiger partial charge in [0.05, 0.1) is 7.11 Å². The van der Waals surface area contributed by atoms with Crippen LogP contribution in [0, 0.1) is 0 Å². The van der Waals surface area contributed by atoms with Crippen molar-refractivity contribution in [1.82, 2.24) is 4.98 Å². The zero-order valence-corrected chi connectivity index (χ0v) is 10.4. The largest absolute Gasteiger partial charge is 0.468 e. The molecule has 1 aromatic heterocycles. The minimum atomic E-state index is -0.971. The van der Waals surface area contributed by atoms with Crippen molar-refractivity contribution in [3.63, 3.8) is 0 Å². The van der Waals surface area contributed by atoms with Crippen LogP contribution in [-0.2, 0) is 9.53 Å². The number of carbonyl (C=O) groups excluding carboxylic acids is 2. The van der Waals surface area contributed by atoms with Crippen LogP contribution < -0.4 is 0 Å². The molecule has 0 fully saturated rings. The molecule has 2 rings (SSSR count). The Kier molecular flexibility index (Phi) is 4.03. The van der Waals surface area contributed by atoms with Crippen LogP contribution in [0.15, 0.2) is 54.7 Å². The molecule has 0 amide bonds. The maximum Gasteiger partial charge on any atom is 0.321 e. The summed E-state index contributed by atoms with van der Waals surface area (Å²) in [5, 5.41) is 0. The molecule has 0 spiro atoms. The third kappa shape index (κ3) is 2.85. The molecule has 0 aliphatic carbocycles. The fraction of sp³-hybridized carbons (Fsp3) is 0.133. The second-order valence-corrected chi connectivity index (χ2v) is 3.95. The second kappa shape index (κ2) is 5.91. The third-order valence-electron chi connectivity index (χ3n) is 2.75. The van der Waals surface area contributed by atoms with E-state index in [9.17, 15) is 9.59 Å². The number of hydrogen-bond acceptors (Lipinski definition) is 4. The Morgan fingerprint density at radius 1 is 1.05 bits per heavy atom. The number of hydrogen-bond donors (Lipinski definition) is 0. The lowest BCUT2D eigenvalue weighted by Crippen LogP contribution is -2.24. The maximum atomic E-state index is 12.4. The molecular weight excluding hydrogens is 242 g/mol. The van der Waals surface area contributed by atoms with E-state index in [2.05, 4.69) is 4.98 Å². The number of rotatable bonds is 4. The molecule has 0 aliphatic rings. The van der Waals surface area contributed by atoms with E-state index in [1.54, 1.807) is 42.5 Å². The summed E-state index contributed by atoms with van der Waals surface area (Å²) in [5.74, 6) is -1.92. The smallest absolute Gasteiger partial charge is 0.321 e. The number of carbonyl (C=O) groups is 2. The Labute approximate surface area is 111 Å². The van der Waals surface area contributed by atoms with Crippen LogP contribution >= 0.6 is 0 Å². The molecule has 19 heavy (non-hydrogen) atoms. The first-order valence-electron chi connectivity index (χ1n) is 5.82. The average Bonchev–Trinajstić information content (AvgIpc) is 2.49. The van der Waals surface area contributed by atoms with Gasteiger partial charge in [-0.05, 0) is 17.7 Å². The molecule has 0 radical (unpaired) electrons. The van der Waals surface area contributed by atoms with Gasteiger partial charge in [0.15, 0.2) is 5.78 Å². The lowest BCUT2D eigenvalue weighted by Gasteiger charge is -2.13. The minimum absolute atomic E-state index is 0.252. The molecule has 4 nitrogen and oxygen atoms in total. The van der Waals surface area contributed by atoms with Gasteiger partial charge < -0.3 is 4.74 Å². The van der Waals surface area contributed by atoms with Crippen molar-refractivity contribution in [1.29, 1.82) is 0 Å². The Morgan fingerprint density at radius 2 is 1.74 bits per heavy atom. The normalized spacial score (nSPS) is 11.6. The third-order valence-corrected chi connectivity index (χ3v) is 2.75. The number of ketones is 1. The van der Waals surface area contributed by atoms with E-state index in [1.807, 2.05) is 6.07 Å². The highest BCUT2D eigenvalue weighted by Crippen LogP contribution is 2.21. The summed E-state index contributed by atoms with van der Waals surface area (Å²) >= 11 is 0. The quantitative estimate of drug-likeness (QED) is 0.477. The fourth-order valence-corrected chi connectivity index (χ4v) is 1.81. The minimum Gasteiger partial charge on any atom is -0.468 e. The van der Waals surface area contributed by atoms with Gasteiger partial charge in [-0.3, -0.25) is 14.6 Å². The number of benzene rings is 1. The molecule has 0 bridgehead atoms. The standard InChI is InChI=1S/C15H13NO3/c1-19-15(18)13(11-7-3-2-4-8-11)14(17)12-9-5-6-10-16-12/h2-10,13H,1H3. The molecule has 0 N–H and O–H groups in total. The van der Waals surface area contributed by atoms with E-state index in [1.165, 1.54) is 13.3 Å². The molecule has 0 saturated heterocycles. The van der Waals surface area contributed by atoms with Crippen LogP contribution in [0.3, 0.4) is 0 Å². The summed E-state index contributed by atoms with van der Waals surface area (Å²) in [6.45, 7) is 0. The lowest BCUT2D eigenvalue weighted by atomic mass is 9.93. The first-order valence-corrected chi connectivity index (χ1v) is 5.82. The van der Waals surface area contributed by atoms with Crippen molar-refractivity contribution in [2.75, 3.05) is 7.11 Å².